The lowest BCUT2D eigenvalue weighted by atomic mass is 10.2. The van der Waals surface area contributed by atoms with Crippen LogP contribution in [0.2, 0.25) is 0 Å². The third-order valence-corrected chi connectivity index (χ3v) is 3.32. The van der Waals surface area contributed by atoms with Crippen LogP contribution >= 0.6 is 0 Å². The highest BCUT2D eigenvalue weighted by Crippen LogP contribution is 2.20. The van der Waals surface area contributed by atoms with Crippen molar-refractivity contribution >= 4 is 17.0 Å². The summed E-state index contributed by atoms with van der Waals surface area (Å²) in [4.78, 5) is 16.6. The topological polar surface area (TPSA) is 44.1 Å². The molecule has 0 radical (unpaired) electrons. The van der Waals surface area contributed by atoms with E-state index in [2.05, 4.69) is 4.98 Å². The van der Waals surface area contributed by atoms with Gasteiger partial charge in [0.25, 0.3) is 0 Å². The minimum atomic E-state index is -0.313. The lowest BCUT2D eigenvalue weighted by Crippen LogP contribution is -2.13. The maximum atomic E-state index is 12.2. The Morgan fingerprint density at radius 2 is 2.00 bits per heavy atom. The van der Waals surface area contributed by atoms with E-state index >= 15 is 0 Å². The molecular weight excluding hydrogens is 264 g/mol. The Morgan fingerprint density at radius 3 is 2.76 bits per heavy atom. The number of ether oxygens (including phenoxy) is 1. The molecule has 0 aliphatic rings. The van der Waals surface area contributed by atoms with E-state index in [1.165, 1.54) is 0 Å². The molecule has 0 aliphatic heterocycles. The van der Waals surface area contributed by atoms with Gasteiger partial charge >= 0.3 is 5.97 Å². The molecule has 0 saturated heterocycles. The quantitative estimate of drug-likeness (QED) is 0.689. The van der Waals surface area contributed by atoms with Gasteiger partial charge < -0.3 is 9.30 Å². The SMILES string of the molecule is CCOC(=O)c1cc2cccnc2n1Cc1ccccc1. The van der Waals surface area contributed by atoms with E-state index in [1.807, 2.05) is 53.1 Å². The Kier molecular flexibility index (Phi) is 3.69. The Labute approximate surface area is 123 Å². The first kappa shape index (κ1) is 13.4. The molecule has 0 saturated carbocycles. The summed E-state index contributed by atoms with van der Waals surface area (Å²) in [5.41, 5.74) is 2.45. The normalized spacial score (nSPS) is 10.7. The second kappa shape index (κ2) is 5.79. The summed E-state index contributed by atoms with van der Waals surface area (Å²) in [5.74, 6) is -0.313. The smallest absolute Gasteiger partial charge is 0.355 e. The molecule has 0 amide bonds. The molecule has 1 aromatic carbocycles. The van der Waals surface area contributed by atoms with Gasteiger partial charge in [0, 0.05) is 18.1 Å². The van der Waals surface area contributed by atoms with E-state index < -0.39 is 0 Å². The number of benzene rings is 1. The van der Waals surface area contributed by atoms with Crippen LogP contribution in [-0.2, 0) is 11.3 Å². The molecule has 0 fully saturated rings. The number of hydrogen-bond acceptors (Lipinski definition) is 3. The second-order valence-electron chi connectivity index (χ2n) is 4.74. The van der Waals surface area contributed by atoms with Gasteiger partial charge in [-0.05, 0) is 30.7 Å². The van der Waals surface area contributed by atoms with Crippen LogP contribution < -0.4 is 0 Å². The minimum Gasteiger partial charge on any atom is -0.461 e. The first-order chi connectivity index (χ1) is 10.3. The molecule has 2 heterocycles. The number of fused-ring (bicyclic) bond motifs is 1. The van der Waals surface area contributed by atoms with Crippen LogP contribution in [0.5, 0.6) is 0 Å². The van der Waals surface area contributed by atoms with E-state index in [9.17, 15) is 4.79 Å². The zero-order valence-corrected chi connectivity index (χ0v) is 11.8. The van der Waals surface area contributed by atoms with E-state index in [0.717, 1.165) is 16.6 Å². The van der Waals surface area contributed by atoms with Gasteiger partial charge in [0.15, 0.2) is 0 Å². The lowest BCUT2D eigenvalue weighted by molar-refractivity contribution is 0.0515. The third kappa shape index (κ3) is 2.65. The van der Waals surface area contributed by atoms with Crippen molar-refractivity contribution in [1.82, 2.24) is 9.55 Å². The van der Waals surface area contributed by atoms with E-state index in [-0.39, 0.29) is 5.97 Å². The lowest BCUT2D eigenvalue weighted by Gasteiger charge is -2.09. The number of esters is 1. The van der Waals surface area contributed by atoms with E-state index in [1.54, 1.807) is 13.1 Å². The largest absolute Gasteiger partial charge is 0.461 e. The Hall–Kier alpha value is -2.62. The predicted octanol–water partition coefficient (Wildman–Crippen LogP) is 3.26. The van der Waals surface area contributed by atoms with Crippen molar-refractivity contribution in [3.63, 3.8) is 0 Å². The molecule has 21 heavy (non-hydrogen) atoms. The highest BCUT2D eigenvalue weighted by atomic mass is 16.5. The zero-order chi connectivity index (χ0) is 14.7. The first-order valence-corrected chi connectivity index (χ1v) is 6.95. The summed E-state index contributed by atoms with van der Waals surface area (Å²) in [7, 11) is 0. The molecular formula is C17H16N2O2. The van der Waals surface area contributed by atoms with Crippen molar-refractivity contribution < 1.29 is 9.53 Å². The third-order valence-electron chi connectivity index (χ3n) is 3.32. The van der Waals surface area contributed by atoms with Crippen LogP contribution in [0, 0.1) is 0 Å². The fourth-order valence-electron chi connectivity index (χ4n) is 2.39. The van der Waals surface area contributed by atoms with Gasteiger partial charge in [0.05, 0.1) is 6.61 Å². The van der Waals surface area contributed by atoms with Gasteiger partial charge in [-0.25, -0.2) is 9.78 Å². The van der Waals surface area contributed by atoms with Crippen molar-refractivity contribution in [2.24, 2.45) is 0 Å². The van der Waals surface area contributed by atoms with Gasteiger partial charge in [-0.1, -0.05) is 30.3 Å². The zero-order valence-electron chi connectivity index (χ0n) is 11.8. The van der Waals surface area contributed by atoms with Gasteiger partial charge in [0.1, 0.15) is 11.3 Å². The average molecular weight is 280 g/mol. The van der Waals surface area contributed by atoms with Crippen LogP contribution in [0.1, 0.15) is 23.0 Å². The van der Waals surface area contributed by atoms with Gasteiger partial charge in [-0.3, -0.25) is 0 Å². The first-order valence-electron chi connectivity index (χ1n) is 6.95. The standard InChI is InChI=1S/C17H16N2O2/c1-2-21-17(20)15-11-14-9-6-10-18-16(14)19(15)12-13-7-4-3-5-8-13/h3-11H,2,12H2,1H3. The Morgan fingerprint density at radius 1 is 1.19 bits per heavy atom. The molecule has 0 spiro atoms. The fourth-order valence-corrected chi connectivity index (χ4v) is 2.39. The van der Waals surface area contributed by atoms with Crippen LogP contribution in [0.4, 0.5) is 0 Å². The fraction of sp³-hybridized carbons (Fsp3) is 0.176. The summed E-state index contributed by atoms with van der Waals surface area (Å²) < 4.78 is 7.05. The molecule has 3 aromatic rings. The summed E-state index contributed by atoms with van der Waals surface area (Å²) in [6.45, 7) is 2.76. The van der Waals surface area contributed by atoms with Crippen molar-refractivity contribution in [3.8, 4) is 0 Å². The molecule has 0 N–H and O–H groups in total. The second-order valence-corrected chi connectivity index (χ2v) is 4.74. The van der Waals surface area contributed by atoms with Gasteiger partial charge in [-0.15, -0.1) is 0 Å². The van der Waals surface area contributed by atoms with Crippen molar-refractivity contribution in [2.45, 2.75) is 13.5 Å². The summed E-state index contributed by atoms with van der Waals surface area (Å²) >= 11 is 0. The number of carbonyl (C=O) groups is 1. The summed E-state index contributed by atoms with van der Waals surface area (Å²) in [5, 5.41) is 0.941. The van der Waals surface area contributed by atoms with Crippen molar-refractivity contribution in [1.29, 1.82) is 0 Å². The highest BCUT2D eigenvalue weighted by Gasteiger charge is 2.17. The summed E-state index contributed by atoms with van der Waals surface area (Å²) in [6, 6.07) is 15.7. The molecule has 0 bridgehead atoms. The maximum Gasteiger partial charge on any atom is 0.355 e. The summed E-state index contributed by atoms with van der Waals surface area (Å²) in [6.07, 6.45) is 1.73. The highest BCUT2D eigenvalue weighted by molar-refractivity contribution is 5.94. The molecule has 4 nitrogen and oxygen atoms in total. The van der Waals surface area contributed by atoms with Crippen molar-refractivity contribution in [2.75, 3.05) is 6.61 Å². The van der Waals surface area contributed by atoms with Crippen LogP contribution in [0.15, 0.2) is 54.7 Å². The predicted molar refractivity (Wildman–Crippen MR) is 81.2 cm³/mol. The van der Waals surface area contributed by atoms with Crippen LogP contribution in [0.25, 0.3) is 11.0 Å². The molecule has 0 unspecified atom stereocenters. The number of nitrogens with zero attached hydrogens (tertiary/aromatic N) is 2. The maximum absolute atomic E-state index is 12.2. The molecule has 4 heteroatoms. The molecule has 106 valence electrons. The van der Waals surface area contributed by atoms with E-state index in [0.29, 0.717) is 18.8 Å². The molecule has 0 aliphatic carbocycles. The number of rotatable bonds is 4. The van der Waals surface area contributed by atoms with Crippen molar-refractivity contribution in [3.05, 3.63) is 66.0 Å². The Balaban J connectivity index is 2.09. The van der Waals surface area contributed by atoms with Crippen LogP contribution in [0.3, 0.4) is 0 Å². The monoisotopic (exact) mass is 280 g/mol. The van der Waals surface area contributed by atoms with Gasteiger partial charge in [-0.2, -0.15) is 0 Å². The molecule has 0 atom stereocenters. The number of hydrogen-bond donors (Lipinski definition) is 0. The number of pyridine rings is 1. The number of aromatic nitrogens is 2. The average Bonchev–Trinajstić information content (AvgIpc) is 2.88. The molecule has 2 aromatic heterocycles. The Bertz CT molecular complexity index is 763. The van der Waals surface area contributed by atoms with Crippen LogP contribution in [-0.4, -0.2) is 22.1 Å². The van der Waals surface area contributed by atoms with E-state index in [4.69, 9.17) is 4.74 Å². The minimum absolute atomic E-state index is 0.313. The van der Waals surface area contributed by atoms with Gasteiger partial charge in [0.2, 0.25) is 0 Å². The number of carbonyl (C=O) groups excluding carboxylic acids is 1. The molecule has 3 rings (SSSR count).